The van der Waals surface area contributed by atoms with Crippen molar-refractivity contribution >= 4 is 47.2 Å². The van der Waals surface area contributed by atoms with E-state index < -0.39 is 46.9 Å². The Hall–Kier alpha value is -4.90. The minimum absolute atomic E-state index is 0.0110. The summed E-state index contributed by atoms with van der Waals surface area (Å²) in [6, 6.07) is 0. The lowest BCUT2D eigenvalue weighted by atomic mass is 9.94. The number of aromatic amines is 2. The van der Waals surface area contributed by atoms with Crippen LogP contribution in [0.1, 0.15) is 59.3 Å². The van der Waals surface area contributed by atoms with E-state index in [1.807, 2.05) is 13.8 Å². The number of aromatic nitrogens is 6. The molecule has 18 heteroatoms. The predicted molar refractivity (Wildman–Crippen MR) is 133 cm³/mol. The van der Waals surface area contributed by atoms with Gasteiger partial charge in [0.1, 0.15) is 12.7 Å². The van der Waals surface area contributed by atoms with Crippen LogP contribution in [0.25, 0.3) is 0 Å². The lowest BCUT2D eigenvalue weighted by Crippen LogP contribution is -2.51. The van der Waals surface area contributed by atoms with E-state index >= 15 is 0 Å². The minimum atomic E-state index is -1.51. The van der Waals surface area contributed by atoms with E-state index in [4.69, 9.17) is 18.9 Å². The molecule has 2 aromatic rings. The van der Waals surface area contributed by atoms with Gasteiger partial charge in [-0.2, -0.15) is 30.4 Å². The monoisotopic (exact) mass is 560 g/mol. The molecule has 2 aromatic heterocycles. The molecule has 214 valence electrons. The molecule has 4 heterocycles. The summed E-state index contributed by atoms with van der Waals surface area (Å²) in [5.74, 6) is -6.59. The van der Waals surface area contributed by atoms with Crippen molar-refractivity contribution in [2.24, 2.45) is 16.1 Å². The zero-order valence-electron chi connectivity index (χ0n) is 21.9. The number of anilines is 2. The van der Waals surface area contributed by atoms with E-state index in [2.05, 4.69) is 51.4 Å². The van der Waals surface area contributed by atoms with E-state index in [0.717, 1.165) is 0 Å². The van der Waals surface area contributed by atoms with E-state index in [1.54, 1.807) is 6.92 Å². The highest BCUT2D eigenvalue weighted by Gasteiger charge is 2.49. The largest absolute Gasteiger partial charge is 0.418 e. The average Bonchev–Trinajstić information content (AvgIpc) is 3.60. The first-order chi connectivity index (χ1) is 19.1. The second-order valence-electron chi connectivity index (χ2n) is 9.35. The van der Waals surface area contributed by atoms with Crippen LogP contribution in [-0.2, 0) is 38.1 Å². The Labute approximate surface area is 226 Å². The summed E-state index contributed by atoms with van der Waals surface area (Å²) in [5.41, 5.74) is 3.64. The first kappa shape index (κ1) is 28.1. The molecule has 0 unspecified atom stereocenters. The molecule has 2 aliphatic heterocycles. The number of ether oxygens (including phenoxy) is 4. The molecule has 18 nitrogen and oxygen atoms in total. The number of carbonyl (C=O) groups excluding carboxylic acids is 4. The Bertz CT molecular complexity index is 1250. The maximum atomic E-state index is 12.7. The van der Waals surface area contributed by atoms with Crippen LogP contribution in [0.3, 0.4) is 0 Å². The Morgan fingerprint density at radius 2 is 1.20 bits per heavy atom. The number of unbranched alkanes of at least 4 members (excludes halogenated alkanes) is 1. The summed E-state index contributed by atoms with van der Waals surface area (Å²) >= 11 is 0. The number of esters is 4. The molecule has 2 saturated heterocycles. The Balaban J connectivity index is 1.35. The molecule has 2 aliphatic rings. The van der Waals surface area contributed by atoms with Gasteiger partial charge >= 0.3 is 23.9 Å². The third-order valence-electron chi connectivity index (χ3n) is 5.89. The zero-order chi connectivity index (χ0) is 28.8. The first-order valence-electron chi connectivity index (χ1n) is 12.5. The second-order valence-corrected chi connectivity index (χ2v) is 9.35. The minimum Gasteiger partial charge on any atom is -0.418 e. The molecule has 2 fully saturated rings. The van der Waals surface area contributed by atoms with Crippen LogP contribution in [0, 0.1) is 5.92 Å². The van der Waals surface area contributed by atoms with Gasteiger partial charge in [-0.1, -0.05) is 20.8 Å². The third-order valence-corrected chi connectivity index (χ3v) is 5.89. The molecular weight excluding hydrogens is 532 g/mol. The fourth-order valence-corrected chi connectivity index (χ4v) is 4.12. The third kappa shape index (κ3) is 6.56. The number of hydrogen-bond acceptors (Lipinski definition) is 16. The number of cyclic esters (lactones) is 4. The summed E-state index contributed by atoms with van der Waals surface area (Å²) in [6.07, 6.45) is 3.92. The molecule has 0 aliphatic carbocycles. The maximum absolute atomic E-state index is 12.7. The van der Waals surface area contributed by atoms with Crippen LogP contribution >= 0.6 is 0 Å². The number of nitrogens with zero attached hydrogens (tertiary/aromatic N) is 6. The molecule has 0 radical (unpaired) electrons. The van der Waals surface area contributed by atoms with Crippen molar-refractivity contribution in [2.75, 3.05) is 10.9 Å². The van der Waals surface area contributed by atoms with Gasteiger partial charge in [-0.3, -0.25) is 0 Å². The molecule has 40 heavy (non-hydrogen) atoms. The quantitative estimate of drug-likeness (QED) is 0.159. The van der Waals surface area contributed by atoms with E-state index in [1.165, 1.54) is 12.7 Å². The van der Waals surface area contributed by atoms with Crippen LogP contribution < -0.4 is 10.9 Å². The van der Waals surface area contributed by atoms with Crippen LogP contribution in [0.2, 0.25) is 0 Å². The maximum Gasteiger partial charge on any atom is 0.369 e. The van der Waals surface area contributed by atoms with Gasteiger partial charge in [-0.05, 0) is 18.8 Å². The van der Waals surface area contributed by atoms with E-state index in [9.17, 15) is 19.2 Å². The zero-order valence-corrected chi connectivity index (χ0v) is 21.9. The number of H-pyrrole nitrogens is 2. The van der Waals surface area contributed by atoms with Crippen molar-refractivity contribution in [2.45, 2.75) is 70.9 Å². The van der Waals surface area contributed by atoms with Crippen molar-refractivity contribution in [3.63, 3.8) is 0 Å². The lowest BCUT2D eigenvalue weighted by Gasteiger charge is -2.38. The first-order valence-corrected chi connectivity index (χ1v) is 12.5. The van der Waals surface area contributed by atoms with Gasteiger partial charge in [0.05, 0.1) is 0 Å². The summed E-state index contributed by atoms with van der Waals surface area (Å²) < 4.78 is 22.1. The Morgan fingerprint density at radius 1 is 0.775 bits per heavy atom. The molecular formula is C22H28N10O8. The summed E-state index contributed by atoms with van der Waals surface area (Å²) in [4.78, 5) is 58.0. The highest BCUT2D eigenvalue weighted by molar-refractivity contribution is 6.63. The van der Waals surface area contributed by atoms with Crippen molar-refractivity contribution < 1.29 is 38.1 Å². The molecule has 4 rings (SSSR count). The molecule has 0 bridgehead atoms. The molecule has 0 saturated carbocycles. The van der Waals surface area contributed by atoms with Crippen molar-refractivity contribution in [3.05, 3.63) is 12.7 Å². The standard InChI is InChI=1S/C22H28N10O8/c1-4-21(37-15(33)13(16(34)38-21)27-31-19-23-10-25-29-19)7-5-6-8-22(9-12(2)3)39-17(35)14(18(36)40-22)28-32-20-24-11-26-30-20/h10-12H,4-9H2,1-3H3,(H2,23,25,29,31)(H2,24,26,30,32). The number of hydrazone groups is 2. The van der Waals surface area contributed by atoms with Gasteiger partial charge in [-0.25, -0.2) is 40.2 Å². The van der Waals surface area contributed by atoms with Gasteiger partial charge in [0, 0.05) is 25.7 Å². The average molecular weight is 561 g/mol. The number of nitrogens with one attached hydrogen (secondary N) is 4. The van der Waals surface area contributed by atoms with Gasteiger partial charge in [0.15, 0.2) is 0 Å². The molecule has 0 amide bonds. The SMILES string of the molecule is CCC1(CCCCC2(CC(C)C)OC(=O)C(=NNc3ncn[nH]3)C(=O)O2)OC(=O)C(=NNc2ncn[nH]2)C(=O)O1. The fraction of sp³-hybridized carbons (Fsp3) is 0.545. The van der Waals surface area contributed by atoms with Gasteiger partial charge in [0.25, 0.3) is 23.0 Å². The van der Waals surface area contributed by atoms with E-state index in [0.29, 0.717) is 12.8 Å². The topological polar surface area (TPSA) is 237 Å². The Kier molecular flexibility index (Phi) is 8.34. The lowest BCUT2D eigenvalue weighted by molar-refractivity contribution is -0.240. The highest BCUT2D eigenvalue weighted by atomic mass is 16.8. The van der Waals surface area contributed by atoms with Crippen LogP contribution in [-0.4, -0.2) is 77.2 Å². The normalized spacial score (nSPS) is 22.8. The number of carbonyl (C=O) groups is 4. The fourth-order valence-electron chi connectivity index (χ4n) is 4.12. The van der Waals surface area contributed by atoms with Gasteiger partial charge in [-0.15, -0.1) is 0 Å². The molecule has 4 N–H and O–H groups in total. The number of rotatable bonds is 12. The summed E-state index contributed by atoms with van der Waals surface area (Å²) in [6.45, 7) is 5.48. The van der Waals surface area contributed by atoms with Gasteiger partial charge < -0.3 is 18.9 Å². The Morgan fingerprint density at radius 3 is 1.57 bits per heavy atom. The van der Waals surface area contributed by atoms with Crippen LogP contribution in [0.4, 0.5) is 11.9 Å². The number of hydrogen-bond donors (Lipinski definition) is 4. The molecule has 0 aromatic carbocycles. The summed E-state index contributed by atoms with van der Waals surface area (Å²) in [5, 5.41) is 19.6. The second kappa shape index (κ2) is 11.9. The smallest absolute Gasteiger partial charge is 0.369 e. The predicted octanol–water partition coefficient (Wildman–Crippen LogP) is 0.768. The van der Waals surface area contributed by atoms with E-state index in [-0.39, 0.29) is 43.5 Å². The summed E-state index contributed by atoms with van der Waals surface area (Å²) in [7, 11) is 0. The van der Waals surface area contributed by atoms with Crippen LogP contribution in [0.5, 0.6) is 0 Å². The van der Waals surface area contributed by atoms with Crippen molar-refractivity contribution in [1.82, 2.24) is 30.4 Å². The van der Waals surface area contributed by atoms with Crippen molar-refractivity contribution in [3.8, 4) is 0 Å². The van der Waals surface area contributed by atoms with Gasteiger partial charge in [0.2, 0.25) is 11.9 Å². The molecule has 0 spiro atoms. The van der Waals surface area contributed by atoms with Crippen molar-refractivity contribution in [1.29, 1.82) is 0 Å². The highest BCUT2D eigenvalue weighted by Crippen LogP contribution is 2.35. The molecule has 0 atom stereocenters. The van der Waals surface area contributed by atoms with Crippen LogP contribution in [0.15, 0.2) is 22.9 Å².